The second kappa shape index (κ2) is 4.16. The minimum absolute atomic E-state index is 0.234. The van der Waals surface area contributed by atoms with Gasteiger partial charge in [-0.25, -0.2) is 0 Å². The van der Waals surface area contributed by atoms with Gasteiger partial charge in [0.15, 0.2) is 12.1 Å². The highest BCUT2D eigenvalue weighted by Crippen LogP contribution is 2.46. The van der Waals surface area contributed by atoms with Gasteiger partial charge in [0.25, 0.3) is 0 Å². The third-order valence-corrected chi connectivity index (χ3v) is 4.05. The van der Waals surface area contributed by atoms with E-state index in [4.69, 9.17) is 23.7 Å². The van der Waals surface area contributed by atoms with Crippen molar-refractivity contribution in [2.75, 3.05) is 12.9 Å². The number of carbonyl (C=O) groups is 1. The molecule has 3 aliphatic heterocycles. The van der Waals surface area contributed by atoms with Crippen molar-refractivity contribution in [2.24, 2.45) is 0 Å². The van der Waals surface area contributed by atoms with E-state index in [1.807, 2.05) is 6.26 Å². The second-order valence-corrected chi connectivity index (χ2v) is 5.86. The summed E-state index contributed by atoms with van der Waals surface area (Å²) < 4.78 is 28.4. The van der Waals surface area contributed by atoms with Gasteiger partial charge in [0.1, 0.15) is 24.4 Å². The number of aldehydes is 1. The molecule has 3 rings (SSSR count). The molecule has 6 nitrogen and oxygen atoms in total. The molecule has 3 heterocycles. The van der Waals surface area contributed by atoms with Gasteiger partial charge >= 0.3 is 5.31 Å². The van der Waals surface area contributed by atoms with Crippen LogP contribution in [0.1, 0.15) is 13.8 Å². The van der Waals surface area contributed by atoms with Crippen LogP contribution in [-0.4, -0.2) is 54.7 Å². The standard InChI is InChI=1S/C11H16O6S/c1-10(2)14-6(4-12)8-9(16-10)7-5-13-11(15-7,17-8)18-3/h4,6-9H,5H2,1-3H3/t6-,7-,8+,9-,11+/m0/s1. The molecule has 18 heavy (non-hydrogen) atoms. The number of rotatable bonds is 2. The number of hydrogen-bond donors (Lipinski definition) is 0. The number of hydrogen-bond acceptors (Lipinski definition) is 7. The SMILES string of the molecule is CS[C@]12OC[C@H](O1)[C@@H]1OC(C)(C)O[C@@H](C=O)[C@H]1O2. The molecule has 0 spiro atoms. The Labute approximate surface area is 109 Å². The highest BCUT2D eigenvalue weighted by Gasteiger charge is 2.60. The Morgan fingerprint density at radius 1 is 1.17 bits per heavy atom. The van der Waals surface area contributed by atoms with E-state index in [1.165, 1.54) is 11.8 Å². The molecular weight excluding hydrogens is 260 g/mol. The maximum absolute atomic E-state index is 11.2. The minimum Gasteiger partial charge on any atom is -0.342 e. The van der Waals surface area contributed by atoms with Crippen molar-refractivity contribution in [1.29, 1.82) is 0 Å². The molecule has 0 aromatic carbocycles. The predicted octanol–water partition coefficient (Wildman–Crippen LogP) is 0.494. The van der Waals surface area contributed by atoms with Crippen LogP contribution in [0.5, 0.6) is 0 Å². The Morgan fingerprint density at radius 3 is 2.61 bits per heavy atom. The molecule has 2 bridgehead atoms. The van der Waals surface area contributed by atoms with Gasteiger partial charge in [-0.05, 0) is 20.1 Å². The zero-order chi connectivity index (χ0) is 13.0. The first-order chi connectivity index (χ1) is 8.49. The maximum atomic E-state index is 11.2. The van der Waals surface area contributed by atoms with Crippen LogP contribution >= 0.6 is 11.8 Å². The summed E-state index contributed by atoms with van der Waals surface area (Å²) in [5.41, 5.74) is 0. The molecule has 3 aliphatic rings. The molecule has 5 atom stereocenters. The Morgan fingerprint density at radius 2 is 1.94 bits per heavy atom. The van der Waals surface area contributed by atoms with Crippen molar-refractivity contribution in [3.63, 3.8) is 0 Å². The van der Waals surface area contributed by atoms with Gasteiger partial charge in [0.2, 0.25) is 0 Å². The Hall–Kier alpha value is -0.180. The first-order valence-corrected chi connectivity index (χ1v) is 7.07. The van der Waals surface area contributed by atoms with Gasteiger partial charge in [0, 0.05) is 0 Å². The van der Waals surface area contributed by atoms with E-state index in [-0.39, 0.29) is 12.2 Å². The molecule has 102 valence electrons. The summed E-state index contributed by atoms with van der Waals surface area (Å²) >= 11 is 1.31. The third-order valence-electron chi connectivity index (χ3n) is 3.24. The smallest absolute Gasteiger partial charge is 0.338 e. The van der Waals surface area contributed by atoms with Crippen LogP contribution in [0.4, 0.5) is 0 Å². The van der Waals surface area contributed by atoms with Crippen LogP contribution in [0.25, 0.3) is 0 Å². The lowest BCUT2D eigenvalue weighted by Gasteiger charge is -2.49. The summed E-state index contributed by atoms with van der Waals surface area (Å²) in [7, 11) is 0. The monoisotopic (exact) mass is 276 g/mol. The van der Waals surface area contributed by atoms with Crippen LogP contribution < -0.4 is 0 Å². The average Bonchev–Trinajstić information content (AvgIpc) is 2.70. The fraction of sp³-hybridized carbons (Fsp3) is 0.909. The lowest BCUT2D eigenvalue weighted by Crippen LogP contribution is -2.64. The highest BCUT2D eigenvalue weighted by atomic mass is 32.2. The molecule has 0 unspecified atom stereocenters. The van der Waals surface area contributed by atoms with E-state index in [2.05, 4.69) is 0 Å². The number of fused-ring (bicyclic) bond motifs is 4. The van der Waals surface area contributed by atoms with E-state index in [1.54, 1.807) is 13.8 Å². The molecule has 0 radical (unpaired) electrons. The second-order valence-electron chi connectivity index (χ2n) is 4.95. The Balaban J connectivity index is 1.89. The van der Waals surface area contributed by atoms with Gasteiger partial charge in [0.05, 0.1) is 6.61 Å². The maximum Gasteiger partial charge on any atom is 0.338 e. The average molecular weight is 276 g/mol. The van der Waals surface area contributed by atoms with Crippen LogP contribution in [0, 0.1) is 0 Å². The molecular formula is C11H16O6S. The summed E-state index contributed by atoms with van der Waals surface area (Å²) in [6.07, 6.45) is 0.824. The van der Waals surface area contributed by atoms with Gasteiger partial charge in [-0.2, -0.15) is 0 Å². The summed E-state index contributed by atoms with van der Waals surface area (Å²) in [6.45, 7) is 3.93. The van der Waals surface area contributed by atoms with E-state index in [9.17, 15) is 4.79 Å². The van der Waals surface area contributed by atoms with Gasteiger partial charge in [-0.15, -0.1) is 0 Å². The minimum atomic E-state index is -1.12. The van der Waals surface area contributed by atoms with Crippen LogP contribution in [0.3, 0.4) is 0 Å². The van der Waals surface area contributed by atoms with Crippen LogP contribution in [-0.2, 0) is 28.5 Å². The zero-order valence-electron chi connectivity index (χ0n) is 10.5. The molecule has 0 N–H and O–H groups in total. The van der Waals surface area contributed by atoms with E-state index in [0.717, 1.165) is 6.29 Å². The molecule has 0 aromatic rings. The number of ether oxygens (including phenoxy) is 5. The van der Waals surface area contributed by atoms with Gasteiger partial charge in [-0.1, -0.05) is 11.8 Å². The molecule has 3 saturated heterocycles. The van der Waals surface area contributed by atoms with Crippen LogP contribution in [0.15, 0.2) is 0 Å². The van der Waals surface area contributed by atoms with Crippen LogP contribution in [0.2, 0.25) is 0 Å². The first-order valence-electron chi connectivity index (χ1n) is 5.84. The van der Waals surface area contributed by atoms with Crippen molar-refractivity contribution in [1.82, 2.24) is 0 Å². The zero-order valence-corrected chi connectivity index (χ0v) is 11.3. The third kappa shape index (κ3) is 1.90. The predicted molar refractivity (Wildman–Crippen MR) is 61.8 cm³/mol. The largest absolute Gasteiger partial charge is 0.342 e. The number of carbonyl (C=O) groups excluding carboxylic acids is 1. The van der Waals surface area contributed by atoms with Crippen molar-refractivity contribution < 1.29 is 28.5 Å². The number of thioether (sulfide) groups is 1. The Bertz CT molecular complexity index is 361. The summed E-state index contributed by atoms with van der Waals surface area (Å²) in [6, 6.07) is 0. The molecule has 0 aliphatic carbocycles. The summed E-state index contributed by atoms with van der Waals surface area (Å²) in [5, 5.41) is -1.12. The van der Waals surface area contributed by atoms with Crippen molar-refractivity contribution in [3.05, 3.63) is 0 Å². The topological polar surface area (TPSA) is 63.2 Å². The fourth-order valence-electron chi connectivity index (χ4n) is 2.51. The molecule has 0 amide bonds. The Kier molecular flexibility index (Phi) is 2.96. The normalized spacial score (nSPS) is 49.7. The van der Waals surface area contributed by atoms with Gasteiger partial charge in [-0.3, -0.25) is 0 Å². The van der Waals surface area contributed by atoms with Gasteiger partial charge < -0.3 is 28.5 Å². The first kappa shape index (κ1) is 12.8. The molecule has 7 heteroatoms. The highest BCUT2D eigenvalue weighted by molar-refractivity contribution is 7.99. The quantitative estimate of drug-likeness (QED) is 0.680. The molecule has 3 fully saturated rings. The van der Waals surface area contributed by atoms with E-state index >= 15 is 0 Å². The molecule has 0 saturated carbocycles. The lowest BCUT2D eigenvalue weighted by atomic mass is 10.0. The summed E-state index contributed by atoms with van der Waals surface area (Å²) in [4.78, 5) is 11.2. The van der Waals surface area contributed by atoms with Crippen molar-refractivity contribution in [2.45, 2.75) is 49.4 Å². The van der Waals surface area contributed by atoms with Crippen molar-refractivity contribution >= 4 is 18.0 Å². The van der Waals surface area contributed by atoms with E-state index < -0.39 is 23.3 Å². The lowest BCUT2D eigenvalue weighted by molar-refractivity contribution is -0.409. The van der Waals surface area contributed by atoms with E-state index in [0.29, 0.717) is 6.61 Å². The van der Waals surface area contributed by atoms with Crippen molar-refractivity contribution in [3.8, 4) is 0 Å². The fourth-order valence-corrected chi connectivity index (χ4v) is 3.13. The molecule has 0 aromatic heterocycles. The summed E-state index contributed by atoms with van der Waals surface area (Å²) in [5.74, 6) is -0.832.